The first kappa shape index (κ1) is 86.5. The summed E-state index contributed by atoms with van der Waals surface area (Å²) in [5.41, 5.74) is 5.32. The highest BCUT2D eigenvalue weighted by Crippen LogP contribution is 2.38. The van der Waals surface area contributed by atoms with Crippen molar-refractivity contribution in [3.05, 3.63) is 234 Å². The van der Waals surface area contributed by atoms with Crippen molar-refractivity contribution >= 4 is 89.9 Å². The number of benzene rings is 4. The van der Waals surface area contributed by atoms with Crippen molar-refractivity contribution in [1.29, 1.82) is 0 Å². The third-order valence-electron chi connectivity index (χ3n) is 18.4. The maximum Gasteiger partial charge on any atom is 0.413 e. The van der Waals surface area contributed by atoms with Crippen molar-refractivity contribution in [2.24, 2.45) is 20.4 Å². The number of hydrogen-bond donors (Lipinski definition) is 4. The minimum absolute atomic E-state index is 0.0412. The molecule has 5 N–H and O–H groups in total. The van der Waals surface area contributed by atoms with Crippen LogP contribution in [0.2, 0.25) is 10.3 Å². The van der Waals surface area contributed by atoms with E-state index >= 15 is 0 Å². The molecule has 4 aromatic heterocycles. The highest BCUT2D eigenvalue weighted by atomic mass is 35.5. The number of nitrogens with zero attached hydrogens (tertiary/aromatic N) is 15. The van der Waals surface area contributed by atoms with Gasteiger partial charge in [-0.25, -0.2) is 96.7 Å². The molecule has 4 aromatic carbocycles. The van der Waals surface area contributed by atoms with Crippen LogP contribution >= 0.6 is 23.2 Å². The molecule has 632 valence electrons. The van der Waals surface area contributed by atoms with E-state index in [2.05, 4.69) is 45.7 Å². The highest BCUT2D eigenvalue weighted by molar-refractivity contribution is 6.29. The fourth-order valence-electron chi connectivity index (χ4n) is 12.7. The van der Waals surface area contributed by atoms with Crippen molar-refractivity contribution < 1.29 is 101 Å². The molecule has 4 saturated heterocycles. The van der Waals surface area contributed by atoms with Gasteiger partial charge >= 0.3 is 30.2 Å². The number of likely N-dealkylation sites (tertiary alicyclic amines) is 4. The third-order valence-corrected chi connectivity index (χ3v) is 18.8. The molecule has 4 atom stereocenters. The molecule has 8 aliphatic rings. The SMILES string of the molecule is CC(C)(C)OC(=O)Nc1ccc(F)c(OC2CN(C(=O)N3N=CC[C@H]3c3cc(F)cc(F)c3)C2)n1.Nc1ccc(F)c(OC2CN(C(=O)N3N=CC[C@H]3c3cc(F)cc(F)c3)C2)n1.O=C(N1CC(O)C1)N1N=CC[C@H]1c1cc(F)cc(F)c1.O=C(N1CC(Oc2nc(Cl)ccc2F)C1)N1N=CC[C@H]1c1cc(F)cc(F)c1.O=c1[nH]c(Cl)ccc1F. The van der Waals surface area contributed by atoms with E-state index in [9.17, 15) is 86.6 Å². The number of anilines is 2. The van der Waals surface area contributed by atoms with Crippen LogP contribution in [0, 0.1) is 69.8 Å². The Labute approximate surface area is 683 Å². The van der Waals surface area contributed by atoms with Crippen LogP contribution < -0.4 is 30.8 Å². The molecule has 0 aliphatic carbocycles. The number of amides is 9. The summed E-state index contributed by atoms with van der Waals surface area (Å²) in [5, 5.41) is 32.7. The fourth-order valence-corrected chi connectivity index (χ4v) is 13.0. The molecule has 0 saturated carbocycles. The second-order valence-electron chi connectivity index (χ2n) is 28.5. The van der Waals surface area contributed by atoms with E-state index in [1.807, 2.05) is 0 Å². The van der Waals surface area contributed by atoms with E-state index in [1.54, 1.807) is 27.0 Å². The van der Waals surface area contributed by atoms with Gasteiger partial charge in [0.25, 0.3) is 23.2 Å². The van der Waals surface area contributed by atoms with Gasteiger partial charge in [0.1, 0.15) is 92.4 Å². The van der Waals surface area contributed by atoms with Gasteiger partial charge in [-0.1, -0.05) is 23.2 Å². The topological polar surface area (TPSA) is 327 Å². The molecular formula is C77H70Cl2F12N18O11. The number of aliphatic hydroxyl groups excluding tert-OH is 1. The maximum atomic E-state index is 14.2. The molecule has 4 fully saturated rings. The highest BCUT2D eigenvalue weighted by Gasteiger charge is 2.44. The number of aromatic nitrogens is 4. The number of H-pyrrole nitrogens is 1. The zero-order valence-corrected chi connectivity index (χ0v) is 64.6. The summed E-state index contributed by atoms with van der Waals surface area (Å²) in [4.78, 5) is 92.0. The number of pyridine rings is 4. The summed E-state index contributed by atoms with van der Waals surface area (Å²) in [6, 6.07) is 18.1. The van der Waals surface area contributed by atoms with E-state index in [0.29, 0.717) is 47.9 Å². The summed E-state index contributed by atoms with van der Waals surface area (Å²) in [7, 11) is 0. The molecule has 43 heteroatoms. The van der Waals surface area contributed by atoms with Crippen LogP contribution in [0.15, 0.2) is 147 Å². The van der Waals surface area contributed by atoms with Gasteiger partial charge in [-0.15, -0.1) is 0 Å². The van der Waals surface area contributed by atoms with Crippen molar-refractivity contribution in [3.63, 3.8) is 0 Å². The van der Waals surface area contributed by atoms with Gasteiger partial charge in [0.2, 0.25) is 0 Å². The Morgan fingerprint density at radius 1 is 0.433 bits per heavy atom. The lowest BCUT2D eigenvalue weighted by Gasteiger charge is -2.40. The molecular weight excluding hydrogens is 1650 g/mol. The predicted molar refractivity (Wildman–Crippen MR) is 407 cm³/mol. The largest absolute Gasteiger partial charge is 0.468 e. The minimum Gasteiger partial charge on any atom is -0.468 e. The molecule has 120 heavy (non-hydrogen) atoms. The maximum absolute atomic E-state index is 14.2. The number of carbonyl (C=O) groups is 5. The Morgan fingerprint density at radius 2 is 0.742 bits per heavy atom. The van der Waals surface area contributed by atoms with Crippen LogP contribution in [-0.2, 0) is 4.74 Å². The number of urea groups is 4. The lowest BCUT2D eigenvalue weighted by molar-refractivity contribution is 0.0124. The average molecular weight is 1720 g/mol. The minimum atomic E-state index is -0.820. The third kappa shape index (κ3) is 21.9. The van der Waals surface area contributed by atoms with Gasteiger partial charge in [0, 0.05) is 74.8 Å². The number of nitrogen functional groups attached to an aromatic ring is 1. The van der Waals surface area contributed by atoms with Gasteiger partial charge in [-0.05, 0) is 140 Å². The summed E-state index contributed by atoms with van der Waals surface area (Å²) in [5.74, 6) is -9.17. The smallest absolute Gasteiger partial charge is 0.413 e. The standard InChI is InChI=1S/C23H24F3N5O4.C18H14ClF3N4O2.C18H16F3N5O2.C13H13F2N3O2.C5H3ClFNO/c1-23(2,3)35-21(32)29-19-5-4-17(26)20(28-19)34-16-11-30(12-16)22(33)31-18(6-7-27-31)13-8-14(24)10-15(25)9-13;19-16-2-1-14(22)17(24-16)28-13-8-25(9-13)18(27)26-15(3-4-23-26)10-5-11(20)7-12(21)6-10;19-11-5-10(6-12(20)7-11)15-3-4-23-26(15)18(27)25-8-13(9-25)28-17-14(21)1-2-16(22)24-17;14-9-3-8(4-10(15)5-9)12-1-2-16-18(12)13(20)17-6-11(19)7-17;6-4-2-1-3(7)5(9)8-4/h4-5,7-10,16,18H,6,11-12H2,1-3H3,(H,28,29,32);1-2,4-7,13,15H,3,8-9H2;1-2,4-7,13,15H,3,8-9H2,(H2,22,24);2-5,11-12,19H,1,6-7H2;1-2H,(H,8,9)/t18-;2*15-;12-;/m0000./s1. The number of carbonyl (C=O) groups excluding carboxylic acids is 5. The van der Waals surface area contributed by atoms with Crippen molar-refractivity contribution in [2.45, 2.75) is 101 Å². The molecule has 0 spiro atoms. The molecule has 12 heterocycles. The summed E-state index contributed by atoms with van der Waals surface area (Å²) >= 11 is 11.0. The quantitative estimate of drug-likeness (QED) is 0.0691. The molecule has 16 rings (SSSR count). The van der Waals surface area contributed by atoms with Gasteiger partial charge in [0.15, 0.2) is 23.3 Å². The number of nitrogens with two attached hydrogens (primary N) is 1. The van der Waals surface area contributed by atoms with Gasteiger partial charge in [-0.3, -0.25) is 10.1 Å². The number of hydrogen-bond acceptors (Lipinski definition) is 19. The van der Waals surface area contributed by atoms with E-state index in [0.717, 1.165) is 65.7 Å². The van der Waals surface area contributed by atoms with Crippen LogP contribution in [0.25, 0.3) is 0 Å². The fraction of sp³-hybridized carbons (Fsp3) is 0.312. The Bertz CT molecular complexity index is 5120. The first-order chi connectivity index (χ1) is 57.0. The Balaban J connectivity index is 0.000000143. The van der Waals surface area contributed by atoms with Gasteiger partial charge < -0.3 is 54.4 Å². The van der Waals surface area contributed by atoms with Crippen LogP contribution in [0.5, 0.6) is 17.6 Å². The lowest BCUT2D eigenvalue weighted by Crippen LogP contribution is -2.59. The zero-order chi connectivity index (χ0) is 86.1. The van der Waals surface area contributed by atoms with E-state index in [-0.39, 0.29) is 98.0 Å². The van der Waals surface area contributed by atoms with Crippen LogP contribution in [0.4, 0.5) is 88.3 Å². The molecule has 0 bridgehead atoms. The number of halogens is 14. The van der Waals surface area contributed by atoms with Crippen LogP contribution in [-0.4, -0.2) is 202 Å². The van der Waals surface area contributed by atoms with E-state index < -0.39 is 154 Å². The van der Waals surface area contributed by atoms with E-state index in [4.69, 9.17) is 47.9 Å². The first-order valence-electron chi connectivity index (χ1n) is 36.4. The number of aliphatic hydroxyl groups is 1. The average Bonchev–Trinajstić information content (AvgIpc) is 1.56. The van der Waals surface area contributed by atoms with Crippen molar-refractivity contribution in [1.82, 2.24) is 59.6 Å². The summed E-state index contributed by atoms with van der Waals surface area (Å²) < 4.78 is 183. The Kier molecular flexibility index (Phi) is 27.0. The van der Waals surface area contributed by atoms with Crippen molar-refractivity contribution in [2.75, 3.05) is 63.4 Å². The van der Waals surface area contributed by atoms with E-state index in [1.165, 1.54) is 114 Å². The number of hydrazone groups is 4. The molecule has 29 nitrogen and oxygen atoms in total. The number of rotatable bonds is 11. The molecule has 8 aromatic rings. The van der Waals surface area contributed by atoms with Crippen molar-refractivity contribution in [3.8, 4) is 17.6 Å². The monoisotopic (exact) mass is 1720 g/mol. The molecule has 8 aliphatic heterocycles. The number of β-amino-alcohol motifs (C(OH)–C–C–N with tert-alkyl or cyclic N) is 1. The van der Waals surface area contributed by atoms with Crippen LogP contribution in [0.3, 0.4) is 0 Å². The number of aromatic amines is 1. The summed E-state index contributed by atoms with van der Waals surface area (Å²) in [6.45, 7) is 6.67. The predicted octanol–water partition coefficient (Wildman–Crippen LogP) is 13.6. The van der Waals surface area contributed by atoms with Crippen LogP contribution in [0.1, 0.15) is 92.9 Å². The van der Waals surface area contributed by atoms with Gasteiger partial charge in [-0.2, -0.15) is 35.4 Å². The first-order valence-corrected chi connectivity index (χ1v) is 37.2. The number of nitrogens with one attached hydrogen (secondary N) is 2. The second-order valence-corrected chi connectivity index (χ2v) is 29.3. The number of ether oxygens (including phenoxy) is 4. The molecule has 9 amide bonds. The summed E-state index contributed by atoms with van der Waals surface area (Å²) in [6.07, 6.45) is 4.82. The molecule has 0 unspecified atom stereocenters. The lowest BCUT2D eigenvalue weighted by atomic mass is 10.0. The Hall–Kier alpha value is -12.8. The second kappa shape index (κ2) is 37.4. The van der Waals surface area contributed by atoms with Gasteiger partial charge in [0.05, 0.1) is 82.6 Å². The normalized spacial score (nSPS) is 18.5. The molecule has 0 radical (unpaired) electrons. The Morgan fingerprint density at radius 3 is 1.07 bits per heavy atom. The zero-order valence-electron chi connectivity index (χ0n) is 63.1.